The van der Waals surface area contributed by atoms with E-state index in [0.29, 0.717) is 6.54 Å². The lowest BCUT2D eigenvalue weighted by Gasteiger charge is -2.43. The second kappa shape index (κ2) is 7.45. The van der Waals surface area contributed by atoms with Crippen molar-refractivity contribution in [2.45, 2.75) is 19.3 Å². The first-order valence-electron chi connectivity index (χ1n) is 8.02. The van der Waals surface area contributed by atoms with Gasteiger partial charge in [0.1, 0.15) is 11.4 Å². The number of hydroxylamine groups is 1. The Morgan fingerprint density at radius 3 is 1.91 bits per heavy atom. The number of rotatable bonds is 4. The van der Waals surface area contributed by atoms with Crippen molar-refractivity contribution in [3.05, 3.63) is 64.9 Å². The minimum Gasteiger partial charge on any atom is -1.00 e. The Labute approximate surface area is 146 Å². The van der Waals surface area contributed by atoms with Gasteiger partial charge in [-0.3, -0.25) is 4.65 Å². The molecule has 0 fully saturated rings. The summed E-state index contributed by atoms with van der Waals surface area (Å²) in [6.45, 7) is 1.53. The number of hydrogen-bond donors (Lipinski definition) is 0. The van der Waals surface area contributed by atoms with Gasteiger partial charge in [-0.25, -0.2) is 0 Å². The van der Waals surface area contributed by atoms with Crippen LogP contribution in [0.4, 0.5) is 11.4 Å². The fourth-order valence-corrected chi connectivity index (χ4v) is 3.40. The third-order valence-corrected chi connectivity index (χ3v) is 4.50. The highest BCUT2D eigenvalue weighted by Gasteiger charge is 2.31. The summed E-state index contributed by atoms with van der Waals surface area (Å²) in [4.78, 5) is 2.14. The zero-order valence-electron chi connectivity index (χ0n) is 14.8. The average molecular weight is 333 g/mol. The Kier molecular flexibility index (Phi) is 5.82. The molecule has 0 saturated carbocycles. The number of fused-ring (bicyclic) bond motifs is 2. The van der Waals surface area contributed by atoms with Crippen molar-refractivity contribution in [3.63, 3.8) is 0 Å². The molecular formula is C19H25ClN2O. The molecule has 2 aromatic rings. The predicted molar refractivity (Wildman–Crippen MR) is 94.3 cm³/mol. The van der Waals surface area contributed by atoms with Gasteiger partial charge < -0.3 is 22.5 Å². The molecule has 124 valence electrons. The monoisotopic (exact) mass is 332 g/mol. The molecule has 0 unspecified atom stereocenters. The molecular weight excluding hydrogens is 308 g/mol. The first kappa shape index (κ1) is 18.0. The van der Waals surface area contributed by atoms with Gasteiger partial charge in [0.2, 0.25) is 0 Å². The van der Waals surface area contributed by atoms with Gasteiger partial charge in [0, 0.05) is 36.2 Å². The van der Waals surface area contributed by atoms with E-state index in [2.05, 4.69) is 31.1 Å². The van der Waals surface area contributed by atoms with E-state index in [1.165, 1.54) is 11.1 Å². The first-order valence-corrected chi connectivity index (χ1v) is 8.02. The molecule has 0 radical (unpaired) electrons. The predicted octanol–water partition coefficient (Wildman–Crippen LogP) is 0.990. The molecule has 0 aromatic heterocycles. The summed E-state index contributed by atoms with van der Waals surface area (Å²) in [5, 5.41) is 13.9. The summed E-state index contributed by atoms with van der Waals surface area (Å²) in [5.74, 6) is 0. The van der Waals surface area contributed by atoms with Crippen LogP contribution in [0.5, 0.6) is 0 Å². The Bertz CT molecular complexity index is 616. The quantitative estimate of drug-likeness (QED) is 0.616. The number of para-hydroxylation sites is 2. The Hall–Kier alpha value is -1.39. The van der Waals surface area contributed by atoms with Crippen LogP contribution in [0.2, 0.25) is 0 Å². The standard InChI is InChI=1S/C19H24N2O.ClH/c1-20(2)14-7-15-21(22)18-10-5-3-8-16(18)12-13-17-9-4-6-11-19(17)21;/h3-6,8-11H,7,12-15H2,1-2H3;1H. The lowest BCUT2D eigenvalue weighted by Crippen LogP contribution is -3.00. The maximum Gasteiger partial charge on any atom is 1.00 e. The number of aryl methyl sites for hydroxylation is 2. The van der Waals surface area contributed by atoms with Crippen LogP contribution in [-0.4, -0.2) is 32.1 Å². The van der Waals surface area contributed by atoms with Crippen LogP contribution >= 0.6 is 0 Å². The van der Waals surface area contributed by atoms with Crippen LogP contribution < -0.4 is 17.1 Å². The van der Waals surface area contributed by atoms with E-state index >= 15 is 0 Å². The van der Waals surface area contributed by atoms with Crippen molar-refractivity contribution in [1.82, 2.24) is 9.55 Å². The number of hydrogen-bond acceptors (Lipinski definition) is 2. The minimum absolute atomic E-state index is 0. The van der Waals surface area contributed by atoms with E-state index in [0.717, 1.165) is 37.2 Å². The van der Waals surface area contributed by atoms with Crippen LogP contribution in [0.1, 0.15) is 19.0 Å². The van der Waals surface area contributed by atoms with Crippen LogP contribution in [0.15, 0.2) is 48.5 Å². The van der Waals surface area contributed by atoms with Crippen molar-refractivity contribution in [1.29, 1.82) is 0 Å². The molecule has 1 heterocycles. The average Bonchev–Trinajstić information content (AvgIpc) is 2.64. The summed E-state index contributed by atoms with van der Waals surface area (Å²) in [6.07, 6.45) is 2.78. The van der Waals surface area contributed by atoms with E-state index in [1.807, 2.05) is 36.4 Å². The van der Waals surface area contributed by atoms with Crippen LogP contribution in [0, 0.1) is 5.21 Å². The van der Waals surface area contributed by atoms with Gasteiger partial charge in [-0.2, -0.15) is 0 Å². The molecule has 1 aliphatic heterocycles. The third kappa shape index (κ3) is 3.59. The fraction of sp³-hybridized carbons (Fsp3) is 0.368. The van der Waals surface area contributed by atoms with Gasteiger partial charge in [-0.05, 0) is 26.9 Å². The van der Waals surface area contributed by atoms with Gasteiger partial charge in [-0.15, -0.1) is 0 Å². The molecule has 0 amide bonds. The molecule has 1 aliphatic rings. The molecule has 0 atom stereocenters. The van der Waals surface area contributed by atoms with Crippen molar-refractivity contribution < 1.29 is 13.8 Å². The second-order valence-electron chi connectivity index (χ2n) is 6.38. The van der Waals surface area contributed by atoms with E-state index in [9.17, 15) is 5.21 Å². The van der Waals surface area contributed by atoms with Crippen LogP contribution in [0.3, 0.4) is 0 Å². The van der Waals surface area contributed by atoms with Crippen LogP contribution in [-0.2, 0) is 12.8 Å². The van der Waals surface area contributed by atoms with Crippen molar-refractivity contribution in [2.75, 3.05) is 27.2 Å². The molecule has 0 spiro atoms. The molecule has 0 aliphatic carbocycles. The lowest BCUT2D eigenvalue weighted by atomic mass is 10.0. The van der Waals surface area contributed by atoms with E-state index in [-0.39, 0.29) is 18.5 Å². The Morgan fingerprint density at radius 1 is 0.957 bits per heavy atom. The van der Waals surface area contributed by atoms with Crippen molar-refractivity contribution in [3.8, 4) is 0 Å². The minimum atomic E-state index is -0.319. The molecule has 23 heavy (non-hydrogen) atoms. The maximum absolute atomic E-state index is 13.9. The highest BCUT2D eigenvalue weighted by atomic mass is 35.5. The van der Waals surface area contributed by atoms with Gasteiger partial charge in [0.05, 0.1) is 6.54 Å². The summed E-state index contributed by atoms with van der Waals surface area (Å²) in [7, 11) is 4.11. The number of halogens is 1. The highest BCUT2D eigenvalue weighted by Crippen LogP contribution is 2.41. The summed E-state index contributed by atoms with van der Waals surface area (Å²) >= 11 is 0. The number of nitrogens with zero attached hydrogens (tertiary/aromatic N) is 2. The van der Waals surface area contributed by atoms with E-state index in [4.69, 9.17) is 0 Å². The van der Waals surface area contributed by atoms with Crippen LogP contribution in [0.25, 0.3) is 0 Å². The third-order valence-electron chi connectivity index (χ3n) is 4.50. The smallest absolute Gasteiger partial charge is 1.00 e. The highest BCUT2D eigenvalue weighted by molar-refractivity contribution is 5.67. The largest absolute Gasteiger partial charge is 1.00 e. The molecule has 3 nitrogen and oxygen atoms in total. The molecule has 4 heteroatoms. The number of quaternary nitrogens is 1. The van der Waals surface area contributed by atoms with E-state index in [1.54, 1.807) is 0 Å². The fourth-order valence-electron chi connectivity index (χ4n) is 3.40. The summed E-state index contributed by atoms with van der Waals surface area (Å²) in [5.41, 5.74) is 4.23. The first-order chi connectivity index (χ1) is 10.6. The Morgan fingerprint density at radius 2 is 1.43 bits per heavy atom. The molecule has 0 N–H and O–H groups in total. The van der Waals surface area contributed by atoms with Gasteiger partial charge in [0.25, 0.3) is 0 Å². The van der Waals surface area contributed by atoms with Gasteiger partial charge in [0.15, 0.2) is 0 Å². The number of benzene rings is 2. The Balaban J connectivity index is 0.00000144. The second-order valence-corrected chi connectivity index (χ2v) is 6.38. The zero-order chi connectivity index (χ0) is 15.6. The van der Waals surface area contributed by atoms with Crippen molar-refractivity contribution >= 4 is 11.4 Å². The van der Waals surface area contributed by atoms with Crippen molar-refractivity contribution in [2.24, 2.45) is 0 Å². The SMILES string of the molecule is CN(C)CCC[N+]1([O-])c2ccccc2CCc2ccccc21.[Cl-].[H+]. The van der Waals surface area contributed by atoms with Gasteiger partial charge >= 0.3 is 1.43 Å². The topological polar surface area (TPSA) is 26.3 Å². The molecule has 3 rings (SSSR count). The summed E-state index contributed by atoms with van der Waals surface area (Å²) < 4.78 is -0.319. The summed E-state index contributed by atoms with van der Waals surface area (Å²) in [6, 6.07) is 16.3. The molecule has 0 bridgehead atoms. The lowest BCUT2D eigenvalue weighted by molar-refractivity contribution is -0.00000453. The van der Waals surface area contributed by atoms with Gasteiger partial charge in [-0.1, -0.05) is 36.4 Å². The molecule has 0 saturated heterocycles. The molecule has 2 aromatic carbocycles. The zero-order valence-corrected chi connectivity index (χ0v) is 14.6. The normalized spacial score (nSPS) is 15.3. The maximum atomic E-state index is 13.9. The van der Waals surface area contributed by atoms with E-state index < -0.39 is 0 Å².